The lowest BCUT2D eigenvalue weighted by molar-refractivity contribution is 0.490. The molecule has 21 heavy (non-hydrogen) atoms. The van der Waals surface area contributed by atoms with E-state index in [0.29, 0.717) is 6.04 Å². The van der Waals surface area contributed by atoms with E-state index in [1.807, 2.05) is 0 Å². The summed E-state index contributed by atoms with van der Waals surface area (Å²) in [5.74, 6) is 0. The Kier molecular flexibility index (Phi) is 8.19. The smallest absolute Gasteiger partial charge is 0.0364 e. The van der Waals surface area contributed by atoms with Gasteiger partial charge >= 0.3 is 0 Å². The molecule has 2 N–H and O–H groups in total. The van der Waals surface area contributed by atoms with Gasteiger partial charge in [0.25, 0.3) is 0 Å². The van der Waals surface area contributed by atoms with Crippen LogP contribution in [0.2, 0.25) is 0 Å². The standard InChI is InChI=1S/C17H20N2.2BrH/c1-2-6-14(7-3-1)12-17-16-9-5-4-8-15(16)13-18-10-11-19-17;;/h1-9,17-19H,10-13H2;2*1H. The zero-order valence-electron chi connectivity index (χ0n) is 11.9. The summed E-state index contributed by atoms with van der Waals surface area (Å²) in [6.45, 7) is 3.02. The molecule has 114 valence electrons. The van der Waals surface area contributed by atoms with Gasteiger partial charge in [-0.05, 0) is 23.1 Å². The molecule has 0 saturated carbocycles. The van der Waals surface area contributed by atoms with Crippen LogP contribution in [0, 0.1) is 0 Å². The minimum atomic E-state index is 0. The van der Waals surface area contributed by atoms with Gasteiger partial charge in [0.05, 0.1) is 0 Å². The largest absolute Gasteiger partial charge is 0.311 e. The summed E-state index contributed by atoms with van der Waals surface area (Å²) in [5.41, 5.74) is 4.23. The first-order valence-corrected chi connectivity index (χ1v) is 6.99. The molecule has 4 heteroatoms. The van der Waals surface area contributed by atoms with Crippen molar-refractivity contribution >= 4 is 34.0 Å². The topological polar surface area (TPSA) is 24.1 Å². The maximum atomic E-state index is 3.66. The molecule has 0 spiro atoms. The molecule has 3 rings (SSSR count). The fourth-order valence-corrected chi connectivity index (χ4v) is 2.73. The SMILES string of the molecule is Br.Br.c1ccc(CC2NCCNCc3ccccc32)cc1. The van der Waals surface area contributed by atoms with E-state index < -0.39 is 0 Å². The van der Waals surface area contributed by atoms with Gasteiger partial charge in [-0.2, -0.15) is 0 Å². The molecule has 0 radical (unpaired) electrons. The lowest BCUT2D eigenvalue weighted by atomic mass is 9.94. The molecule has 0 aromatic heterocycles. The van der Waals surface area contributed by atoms with Crippen LogP contribution in [0.1, 0.15) is 22.7 Å². The zero-order chi connectivity index (χ0) is 12.9. The number of nitrogens with one attached hydrogen (secondary N) is 2. The van der Waals surface area contributed by atoms with Crippen molar-refractivity contribution in [2.45, 2.75) is 19.0 Å². The average Bonchev–Trinajstić information content (AvgIpc) is 2.45. The van der Waals surface area contributed by atoms with Crippen LogP contribution in [-0.2, 0) is 13.0 Å². The van der Waals surface area contributed by atoms with E-state index in [-0.39, 0.29) is 34.0 Å². The summed E-state index contributed by atoms with van der Waals surface area (Å²) in [6.07, 6.45) is 1.05. The third kappa shape index (κ3) is 4.92. The van der Waals surface area contributed by atoms with Crippen molar-refractivity contribution in [2.24, 2.45) is 0 Å². The maximum absolute atomic E-state index is 3.66. The molecular formula is C17H22Br2N2. The van der Waals surface area contributed by atoms with Crippen LogP contribution < -0.4 is 10.6 Å². The highest BCUT2D eigenvalue weighted by Gasteiger charge is 2.16. The van der Waals surface area contributed by atoms with Gasteiger partial charge in [-0.1, -0.05) is 54.6 Å². The van der Waals surface area contributed by atoms with Crippen molar-refractivity contribution in [1.29, 1.82) is 0 Å². The van der Waals surface area contributed by atoms with Gasteiger partial charge < -0.3 is 10.6 Å². The molecule has 0 bridgehead atoms. The first-order valence-electron chi connectivity index (χ1n) is 6.99. The number of hydrogen-bond acceptors (Lipinski definition) is 2. The maximum Gasteiger partial charge on any atom is 0.0364 e. The van der Waals surface area contributed by atoms with Crippen LogP contribution in [0.25, 0.3) is 0 Å². The molecule has 0 aliphatic carbocycles. The highest BCUT2D eigenvalue weighted by atomic mass is 79.9. The Balaban J connectivity index is 0.00000110. The Bertz CT molecular complexity index is 531. The molecule has 0 saturated heterocycles. The monoisotopic (exact) mass is 412 g/mol. The van der Waals surface area contributed by atoms with Crippen LogP contribution in [0.4, 0.5) is 0 Å². The van der Waals surface area contributed by atoms with E-state index in [1.165, 1.54) is 16.7 Å². The average molecular weight is 414 g/mol. The van der Waals surface area contributed by atoms with Crippen LogP contribution in [0.5, 0.6) is 0 Å². The van der Waals surface area contributed by atoms with E-state index in [1.54, 1.807) is 0 Å². The summed E-state index contributed by atoms with van der Waals surface area (Å²) >= 11 is 0. The van der Waals surface area contributed by atoms with Crippen LogP contribution in [0.15, 0.2) is 54.6 Å². The van der Waals surface area contributed by atoms with E-state index in [0.717, 1.165) is 26.1 Å². The highest BCUT2D eigenvalue weighted by molar-refractivity contribution is 8.93. The van der Waals surface area contributed by atoms with E-state index >= 15 is 0 Å². The van der Waals surface area contributed by atoms with Crippen molar-refractivity contribution in [3.05, 3.63) is 71.3 Å². The van der Waals surface area contributed by atoms with Gasteiger partial charge in [0.2, 0.25) is 0 Å². The summed E-state index contributed by atoms with van der Waals surface area (Å²) < 4.78 is 0. The van der Waals surface area contributed by atoms with Gasteiger partial charge in [-0.3, -0.25) is 0 Å². The molecule has 2 aromatic carbocycles. The van der Waals surface area contributed by atoms with E-state index in [9.17, 15) is 0 Å². The second kappa shape index (κ2) is 9.36. The molecule has 1 heterocycles. The quantitative estimate of drug-likeness (QED) is 0.781. The summed E-state index contributed by atoms with van der Waals surface area (Å²) in [6, 6.07) is 19.9. The summed E-state index contributed by atoms with van der Waals surface area (Å²) in [5, 5.41) is 7.13. The van der Waals surface area contributed by atoms with Gasteiger partial charge in [-0.25, -0.2) is 0 Å². The molecule has 2 nitrogen and oxygen atoms in total. The third-order valence-corrected chi connectivity index (χ3v) is 3.72. The first-order chi connectivity index (χ1) is 9.43. The summed E-state index contributed by atoms with van der Waals surface area (Å²) in [7, 11) is 0. The fourth-order valence-electron chi connectivity index (χ4n) is 2.73. The minimum Gasteiger partial charge on any atom is -0.311 e. The lowest BCUT2D eigenvalue weighted by Gasteiger charge is -2.25. The number of rotatable bonds is 2. The Morgan fingerprint density at radius 2 is 1.57 bits per heavy atom. The Labute approximate surface area is 147 Å². The second-order valence-corrected chi connectivity index (χ2v) is 5.07. The van der Waals surface area contributed by atoms with Crippen LogP contribution >= 0.6 is 34.0 Å². The molecule has 0 fully saturated rings. The minimum absolute atomic E-state index is 0. The normalized spacial score (nSPS) is 17.4. The zero-order valence-corrected chi connectivity index (χ0v) is 15.3. The number of fused-ring (bicyclic) bond motifs is 1. The number of benzene rings is 2. The Morgan fingerprint density at radius 3 is 2.38 bits per heavy atom. The molecule has 1 aliphatic heterocycles. The Morgan fingerprint density at radius 1 is 0.857 bits per heavy atom. The van der Waals surface area contributed by atoms with Crippen molar-refractivity contribution < 1.29 is 0 Å². The van der Waals surface area contributed by atoms with Crippen molar-refractivity contribution in [2.75, 3.05) is 13.1 Å². The van der Waals surface area contributed by atoms with Crippen molar-refractivity contribution in [3.63, 3.8) is 0 Å². The number of hydrogen-bond donors (Lipinski definition) is 2. The molecular weight excluding hydrogens is 392 g/mol. The van der Waals surface area contributed by atoms with Gasteiger partial charge in [0, 0.05) is 25.7 Å². The van der Waals surface area contributed by atoms with Crippen LogP contribution in [0.3, 0.4) is 0 Å². The Hall–Kier alpha value is -0.680. The molecule has 1 aliphatic rings. The van der Waals surface area contributed by atoms with Crippen LogP contribution in [-0.4, -0.2) is 13.1 Å². The van der Waals surface area contributed by atoms with Gasteiger partial charge in [0.15, 0.2) is 0 Å². The van der Waals surface area contributed by atoms with Crippen molar-refractivity contribution in [1.82, 2.24) is 10.6 Å². The molecule has 1 unspecified atom stereocenters. The number of halogens is 2. The van der Waals surface area contributed by atoms with E-state index in [2.05, 4.69) is 65.2 Å². The van der Waals surface area contributed by atoms with Gasteiger partial charge in [0.1, 0.15) is 0 Å². The fraction of sp³-hybridized carbons (Fsp3) is 0.294. The highest BCUT2D eigenvalue weighted by Crippen LogP contribution is 2.23. The predicted molar refractivity (Wildman–Crippen MR) is 99.7 cm³/mol. The second-order valence-electron chi connectivity index (χ2n) is 5.07. The van der Waals surface area contributed by atoms with Crippen molar-refractivity contribution in [3.8, 4) is 0 Å². The molecule has 1 atom stereocenters. The van der Waals surface area contributed by atoms with Gasteiger partial charge in [-0.15, -0.1) is 34.0 Å². The lowest BCUT2D eigenvalue weighted by Crippen LogP contribution is -2.34. The summed E-state index contributed by atoms with van der Waals surface area (Å²) in [4.78, 5) is 0. The molecule has 2 aromatic rings. The molecule has 0 amide bonds. The predicted octanol–water partition coefficient (Wildman–Crippen LogP) is 3.82. The first kappa shape index (κ1) is 18.4. The van der Waals surface area contributed by atoms with E-state index in [4.69, 9.17) is 0 Å². The third-order valence-electron chi connectivity index (χ3n) is 3.72.